The van der Waals surface area contributed by atoms with E-state index in [2.05, 4.69) is 48.6 Å². The van der Waals surface area contributed by atoms with Crippen LogP contribution >= 0.6 is 0 Å². The van der Waals surface area contributed by atoms with Gasteiger partial charge in [0.1, 0.15) is 0 Å². The lowest BCUT2D eigenvalue weighted by molar-refractivity contribution is 0.239. The van der Waals surface area contributed by atoms with E-state index in [0.29, 0.717) is 0 Å². The Hall–Kier alpha value is -0.820. The highest BCUT2D eigenvalue weighted by Crippen LogP contribution is 2.20. The summed E-state index contributed by atoms with van der Waals surface area (Å²) >= 11 is 0. The van der Waals surface area contributed by atoms with E-state index in [0.717, 1.165) is 5.92 Å². The molecule has 0 spiro atoms. The lowest BCUT2D eigenvalue weighted by atomic mass is 9.90. The molecule has 1 atom stereocenters. The fourth-order valence-corrected chi connectivity index (χ4v) is 2.25. The minimum absolute atomic E-state index is 0.787. The van der Waals surface area contributed by atoms with Gasteiger partial charge >= 0.3 is 0 Å². The molecule has 0 saturated carbocycles. The van der Waals surface area contributed by atoms with Crippen molar-refractivity contribution < 1.29 is 0 Å². The van der Waals surface area contributed by atoms with E-state index in [9.17, 15) is 0 Å². The minimum atomic E-state index is 0.787. The van der Waals surface area contributed by atoms with Crippen molar-refractivity contribution in [2.75, 3.05) is 19.6 Å². The number of rotatable bonds is 3. The fourth-order valence-electron chi connectivity index (χ4n) is 2.25. The van der Waals surface area contributed by atoms with Crippen molar-refractivity contribution in [1.29, 1.82) is 0 Å². The molecule has 1 aliphatic rings. The van der Waals surface area contributed by atoms with Crippen LogP contribution in [-0.2, 0) is 6.42 Å². The van der Waals surface area contributed by atoms with Crippen molar-refractivity contribution in [2.24, 2.45) is 5.92 Å². The maximum Gasteiger partial charge on any atom is 0.00155 e. The molecule has 1 nitrogen and oxygen atoms in total. The first-order chi connectivity index (χ1) is 7.38. The monoisotopic (exact) mass is 202 g/mol. The zero-order chi connectivity index (χ0) is 10.5. The topological polar surface area (TPSA) is 3.24 Å². The van der Waals surface area contributed by atoms with Crippen LogP contribution in [0.25, 0.3) is 0 Å². The van der Waals surface area contributed by atoms with Crippen LogP contribution in [0.3, 0.4) is 0 Å². The van der Waals surface area contributed by atoms with Gasteiger partial charge in [0.15, 0.2) is 0 Å². The van der Waals surface area contributed by atoms with Gasteiger partial charge in [0.2, 0.25) is 0 Å². The second kappa shape index (κ2) is 5.32. The second-order valence-electron chi connectivity index (χ2n) is 4.37. The normalized spacial score (nSPS) is 19.3. The number of likely N-dealkylation sites (tertiary alicyclic amines) is 1. The molecule has 0 N–H and O–H groups in total. The summed E-state index contributed by atoms with van der Waals surface area (Å²) in [6, 6.07) is 10.8. The Morgan fingerprint density at radius 1 is 1.27 bits per heavy atom. The first-order valence-electron chi connectivity index (χ1n) is 5.98. The Labute approximate surface area is 93.1 Å². The van der Waals surface area contributed by atoms with Gasteiger partial charge < -0.3 is 4.90 Å². The molecule has 1 aliphatic heterocycles. The maximum absolute atomic E-state index is 2.50. The van der Waals surface area contributed by atoms with Crippen molar-refractivity contribution in [3.63, 3.8) is 0 Å². The van der Waals surface area contributed by atoms with Gasteiger partial charge in [0.25, 0.3) is 0 Å². The molecule has 0 amide bonds. The number of hydrogen-bond acceptors (Lipinski definition) is 1. The molecule has 15 heavy (non-hydrogen) atoms. The number of benzene rings is 1. The fraction of sp³-hybridized carbons (Fsp3) is 0.500. The van der Waals surface area contributed by atoms with Crippen molar-refractivity contribution in [2.45, 2.75) is 19.8 Å². The van der Waals surface area contributed by atoms with Crippen LogP contribution in [-0.4, -0.2) is 24.5 Å². The molecular formula is C14H20N. The summed E-state index contributed by atoms with van der Waals surface area (Å²) in [4.78, 5) is 2.50. The first-order valence-corrected chi connectivity index (χ1v) is 5.98. The maximum atomic E-state index is 2.50. The molecule has 2 rings (SSSR count). The molecule has 1 unspecified atom stereocenters. The molecular weight excluding hydrogens is 182 g/mol. The molecule has 1 fully saturated rings. The van der Waals surface area contributed by atoms with Gasteiger partial charge in [-0.15, -0.1) is 0 Å². The van der Waals surface area contributed by atoms with E-state index in [1.807, 2.05) is 0 Å². The third-order valence-corrected chi connectivity index (χ3v) is 3.30. The summed E-state index contributed by atoms with van der Waals surface area (Å²) < 4.78 is 0. The quantitative estimate of drug-likeness (QED) is 0.728. The van der Waals surface area contributed by atoms with Gasteiger partial charge in [-0.25, -0.2) is 0 Å². The smallest absolute Gasteiger partial charge is 0.00155 e. The van der Waals surface area contributed by atoms with Crippen molar-refractivity contribution in [3.8, 4) is 0 Å². The third kappa shape index (κ3) is 3.07. The molecule has 0 aromatic heterocycles. The Kier molecular flexibility index (Phi) is 3.79. The van der Waals surface area contributed by atoms with Crippen molar-refractivity contribution in [1.82, 2.24) is 4.90 Å². The first kappa shape index (κ1) is 10.7. The highest BCUT2D eigenvalue weighted by atomic mass is 15.1. The minimum Gasteiger partial charge on any atom is -0.303 e. The predicted octanol–water partition coefficient (Wildman–Crippen LogP) is 2.78. The van der Waals surface area contributed by atoms with Gasteiger partial charge in [-0.3, -0.25) is 0 Å². The van der Waals surface area contributed by atoms with E-state index in [1.165, 1.54) is 38.0 Å². The van der Waals surface area contributed by atoms with Gasteiger partial charge in [0, 0.05) is 6.54 Å². The van der Waals surface area contributed by atoms with Gasteiger partial charge in [-0.05, 0) is 43.8 Å². The average molecular weight is 202 g/mol. The van der Waals surface area contributed by atoms with E-state index in [4.69, 9.17) is 0 Å². The standard InChI is InChI=1S/C14H20N/c1-2-15-10-8-14(9-11-15)12-13-6-4-3-5-7-13/h3-8,14H,2,9-12H2,1H3. The molecule has 1 saturated heterocycles. The van der Waals surface area contributed by atoms with E-state index in [-0.39, 0.29) is 0 Å². The predicted molar refractivity (Wildman–Crippen MR) is 64.7 cm³/mol. The molecule has 0 aliphatic carbocycles. The zero-order valence-corrected chi connectivity index (χ0v) is 9.52. The summed E-state index contributed by atoms with van der Waals surface area (Å²) in [6.07, 6.45) is 5.03. The molecule has 1 radical (unpaired) electrons. The molecule has 1 aromatic rings. The SMILES string of the molecule is CCN1C[CH]C(Cc2ccccc2)CC1. The molecule has 1 aromatic carbocycles. The zero-order valence-electron chi connectivity index (χ0n) is 9.52. The number of piperidine rings is 1. The van der Waals surface area contributed by atoms with Crippen LogP contribution in [0.15, 0.2) is 30.3 Å². The highest BCUT2D eigenvalue weighted by Gasteiger charge is 2.18. The van der Waals surface area contributed by atoms with Gasteiger partial charge in [0.05, 0.1) is 0 Å². The summed E-state index contributed by atoms with van der Waals surface area (Å²) in [5.41, 5.74) is 1.48. The highest BCUT2D eigenvalue weighted by molar-refractivity contribution is 5.16. The van der Waals surface area contributed by atoms with Crippen LogP contribution < -0.4 is 0 Å². The summed E-state index contributed by atoms with van der Waals surface area (Å²) in [6.45, 7) is 5.87. The van der Waals surface area contributed by atoms with Crippen LogP contribution in [0.5, 0.6) is 0 Å². The second-order valence-corrected chi connectivity index (χ2v) is 4.37. The Bertz CT molecular complexity index is 273. The van der Waals surface area contributed by atoms with Gasteiger partial charge in [-0.1, -0.05) is 37.3 Å². The van der Waals surface area contributed by atoms with Crippen molar-refractivity contribution in [3.05, 3.63) is 42.3 Å². The van der Waals surface area contributed by atoms with E-state index in [1.54, 1.807) is 0 Å². The lowest BCUT2D eigenvalue weighted by Gasteiger charge is -2.30. The summed E-state index contributed by atoms with van der Waals surface area (Å²) in [5.74, 6) is 0.787. The van der Waals surface area contributed by atoms with Crippen LogP contribution in [0, 0.1) is 12.3 Å². The largest absolute Gasteiger partial charge is 0.303 e. The van der Waals surface area contributed by atoms with Gasteiger partial charge in [-0.2, -0.15) is 0 Å². The van der Waals surface area contributed by atoms with Crippen LogP contribution in [0.4, 0.5) is 0 Å². The Morgan fingerprint density at radius 3 is 2.67 bits per heavy atom. The lowest BCUT2D eigenvalue weighted by Crippen LogP contribution is -2.34. The molecule has 1 heteroatoms. The Balaban J connectivity index is 1.82. The van der Waals surface area contributed by atoms with E-state index >= 15 is 0 Å². The number of hydrogen-bond donors (Lipinski definition) is 0. The van der Waals surface area contributed by atoms with Crippen molar-refractivity contribution >= 4 is 0 Å². The molecule has 0 bridgehead atoms. The van der Waals surface area contributed by atoms with E-state index < -0.39 is 0 Å². The molecule has 1 heterocycles. The Morgan fingerprint density at radius 2 is 2.07 bits per heavy atom. The number of nitrogens with zero attached hydrogens (tertiary/aromatic N) is 1. The third-order valence-electron chi connectivity index (χ3n) is 3.30. The van der Waals surface area contributed by atoms with Crippen LogP contribution in [0.2, 0.25) is 0 Å². The summed E-state index contributed by atoms with van der Waals surface area (Å²) in [5, 5.41) is 0. The summed E-state index contributed by atoms with van der Waals surface area (Å²) in [7, 11) is 0. The average Bonchev–Trinajstić information content (AvgIpc) is 2.31. The molecule has 81 valence electrons. The van der Waals surface area contributed by atoms with Crippen LogP contribution in [0.1, 0.15) is 18.9 Å².